The number of amides is 1. The molecule has 1 aromatic rings. The zero-order valence-electron chi connectivity index (χ0n) is 9.79. The Hall–Kier alpha value is -0.940. The topological polar surface area (TPSA) is 54.0 Å². The van der Waals surface area contributed by atoms with Gasteiger partial charge in [0.15, 0.2) is 0 Å². The zero-order valence-corrected chi connectivity index (χ0v) is 11.4. The molecule has 0 spiro atoms. The average molecular weight is 298 g/mol. The van der Waals surface area contributed by atoms with Crippen LogP contribution < -0.4 is 10.6 Å². The maximum absolute atomic E-state index is 11.6. The second-order valence-electron chi connectivity index (χ2n) is 4.39. The Balaban J connectivity index is 1.79. The highest BCUT2D eigenvalue weighted by atomic mass is 79.9. The van der Waals surface area contributed by atoms with E-state index in [1.54, 1.807) is 0 Å². The summed E-state index contributed by atoms with van der Waals surface area (Å²) in [5, 5.41) is 6.00. The van der Waals surface area contributed by atoms with Gasteiger partial charge in [0.25, 0.3) is 0 Å². The van der Waals surface area contributed by atoms with Gasteiger partial charge in [0.05, 0.1) is 17.9 Å². The van der Waals surface area contributed by atoms with Crippen LogP contribution in [0.4, 0.5) is 5.69 Å². The number of nitrogens with zero attached hydrogens (tertiary/aromatic N) is 1. The number of carbonyl (C=O) groups excluding carboxylic acids is 1. The number of anilines is 1. The summed E-state index contributed by atoms with van der Waals surface area (Å²) in [6.07, 6.45) is 2.59. The monoisotopic (exact) mass is 297 g/mol. The Morgan fingerprint density at radius 3 is 2.94 bits per heavy atom. The molecule has 2 N–H and O–H groups in total. The molecule has 92 valence electrons. The van der Waals surface area contributed by atoms with Gasteiger partial charge in [-0.2, -0.15) is 0 Å². The fraction of sp³-hybridized carbons (Fsp3) is 0.500. The average Bonchev–Trinajstić information content (AvgIpc) is 3.06. The third-order valence-electron chi connectivity index (χ3n) is 2.74. The van der Waals surface area contributed by atoms with Crippen LogP contribution in [0.5, 0.6) is 0 Å². The van der Waals surface area contributed by atoms with Crippen LogP contribution in [0.25, 0.3) is 0 Å². The standard InChI is InChI=1S/C12H16BrN3O/c1-8-10(4-5-11(13)15-8)16-12(17)7-14-6-9-2-3-9/h4-5,9,14H,2-3,6-7H2,1H3,(H,16,17). The van der Waals surface area contributed by atoms with Crippen molar-refractivity contribution in [1.82, 2.24) is 10.3 Å². The molecule has 17 heavy (non-hydrogen) atoms. The first-order valence-electron chi connectivity index (χ1n) is 5.79. The summed E-state index contributed by atoms with van der Waals surface area (Å²) in [6, 6.07) is 3.67. The van der Waals surface area contributed by atoms with E-state index in [1.807, 2.05) is 19.1 Å². The number of rotatable bonds is 5. The van der Waals surface area contributed by atoms with Crippen molar-refractivity contribution in [1.29, 1.82) is 0 Å². The molecule has 0 radical (unpaired) electrons. The molecule has 5 heteroatoms. The van der Waals surface area contributed by atoms with Crippen LogP contribution >= 0.6 is 15.9 Å². The van der Waals surface area contributed by atoms with Gasteiger partial charge in [-0.25, -0.2) is 4.98 Å². The number of aromatic nitrogens is 1. The molecule has 0 aromatic carbocycles. The van der Waals surface area contributed by atoms with Crippen LogP contribution in [0.15, 0.2) is 16.7 Å². The number of carbonyl (C=O) groups is 1. The third kappa shape index (κ3) is 4.09. The lowest BCUT2D eigenvalue weighted by Gasteiger charge is -2.08. The summed E-state index contributed by atoms with van der Waals surface area (Å²) >= 11 is 3.29. The van der Waals surface area contributed by atoms with Crippen molar-refractivity contribution in [2.24, 2.45) is 5.92 Å². The molecule has 4 nitrogen and oxygen atoms in total. The number of pyridine rings is 1. The van der Waals surface area contributed by atoms with E-state index in [4.69, 9.17) is 0 Å². The van der Waals surface area contributed by atoms with Crippen molar-refractivity contribution in [3.05, 3.63) is 22.4 Å². The molecular weight excluding hydrogens is 282 g/mol. The highest BCUT2D eigenvalue weighted by molar-refractivity contribution is 9.10. The van der Waals surface area contributed by atoms with Crippen molar-refractivity contribution in [2.45, 2.75) is 19.8 Å². The van der Waals surface area contributed by atoms with Crippen molar-refractivity contribution in [3.63, 3.8) is 0 Å². The molecule has 0 saturated heterocycles. The molecule has 1 heterocycles. The zero-order chi connectivity index (χ0) is 12.3. The van der Waals surface area contributed by atoms with E-state index in [9.17, 15) is 4.79 Å². The lowest BCUT2D eigenvalue weighted by molar-refractivity contribution is -0.115. The second-order valence-corrected chi connectivity index (χ2v) is 5.20. The van der Waals surface area contributed by atoms with Crippen molar-refractivity contribution in [2.75, 3.05) is 18.4 Å². The normalized spacial score (nSPS) is 14.7. The molecule has 1 saturated carbocycles. The fourth-order valence-electron chi connectivity index (χ4n) is 1.57. The molecule has 0 unspecified atom stereocenters. The van der Waals surface area contributed by atoms with Crippen LogP contribution in [0.2, 0.25) is 0 Å². The number of hydrogen-bond donors (Lipinski definition) is 2. The minimum atomic E-state index is -0.0159. The van der Waals surface area contributed by atoms with Crippen LogP contribution in [0.3, 0.4) is 0 Å². The third-order valence-corrected chi connectivity index (χ3v) is 3.18. The van der Waals surface area contributed by atoms with Crippen LogP contribution in [-0.4, -0.2) is 24.0 Å². The molecule has 0 aliphatic heterocycles. The molecule has 1 aromatic heterocycles. The van der Waals surface area contributed by atoms with Gasteiger partial charge in [0.2, 0.25) is 5.91 Å². The first kappa shape index (κ1) is 12.5. The van der Waals surface area contributed by atoms with Gasteiger partial charge in [-0.3, -0.25) is 4.79 Å². The van der Waals surface area contributed by atoms with Crippen LogP contribution in [0.1, 0.15) is 18.5 Å². The molecule has 1 aliphatic rings. The summed E-state index contributed by atoms with van der Waals surface area (Å²) in [5.41, 5.74) is 1.58. The van der Waals surface area contributed by atoms with Crippen molar-refractivity contribution in [3.8, 4) is 0 Å². The number of aryl methyl sites for hydroxylation is 1. The second kappa shape index (κ2) is 5.60. The lowest BCUT2D eigenvalue weighted by atomic mass is 10.3. The van der Waals surface area contributed by atoms with E-state index in [2.05, 4.69) is 31.5 Å². The quantitative estimate of drug-likeness (QED) is 0.818. The van der Waals surface area contributed by atoms with Gasteiger partial charge in [0.1, 0.15) is 4.60 Å². The van der Waals surface area contributed by atoms with E-state index in [1.165, 1.54) is 12.8 Å². The first-order chi connectivity index (χ1) is 8.15. The summed E-state index contributed by atoms with van der Waals surface area (Å²) in [5.74, 6) is 0.775. The van der Waals surface area contributed by atoms with Crippen LogP contribution in [-0.2, 0) is 4.79 Å². The molecular formula is C12H16BrN3O. The Kier molecular flexibility index (Phi) is 4.12. The highest BCUT2D eigenvalue weighted by Crippen LogP contribution is 2.27. The van der Waals surface area contributed by atoms with Gasteiger partial charge < -0.3 is 10.6 Å². The molecule has 0 atom stereocenters. The van der Waals surface area contributed by atoms with E-state index in [0.717, 1.165) is 28.4 Å². The van der Waals surface area contributed by atoms with Gasteiger partial charge in [-0.15, -0.1) is 0 Å². The highest BCUT2D eigenvalue weighted by Gasteiger charge is 2.20. The van der Waals surface area contributed by atoms with Crippen molar-refractivity contribution < 1.29 is 4.79 Å². The summed E-state index contributed by atoms with van der Waals surface area (Å²) in [6.45, 7) is 3.19. The molecule has 2 rings (SSSR count). The number of nitrogens with one attached hydrogen (secondary N) is 2. The molecule has 1 amide bonds. The predicted molar refractivity (Wildman–Crippen MR) is 70.9 cm³/mol. The van der Waals surface area contributed by atoms with Gasteiger partial charge in [-0.05, 0) is 60.3 Å². The maximum atomic E-state index is 11.6. The predicted octanol–water partition coefficient (Wildman–Crippen LogP) is 2.09. The number of hydrogen-bond acceptors (Lipinski definition) is 3. The molecule has 1 aliphatic carbocycles. The van der Waals surface area contributed by atoms with E-state index >= 15 is 0 Å². The van der Waals surface area contributed by atoms with E-state index in [0.29, 0.717) is 6.54 Å². The smallest absolute Gasteiger partial charge is 0.238 e. The van der Waals surface area contributed by atoms with E-state index < -0.39 is 0 Å². The van der Waals surface area contributed by atoms with Gasteiger partial charge in [0, 0.05) is 0 Å². The van der Waals surface area contributed by atoms with E-state index in [-0.39, 0.29) is 5.91 Å². The first-order valence-corrected chi connectivity index (χ1v) is 6.58. The Bertz CT molecular complexity index is 418. The fourth-order valence-corrected chi connectivity index (χ4v) is 1.97. The molecule has 0 bridgehead atoms. The minimum absolute atomic E-state index is 0.0159. The summed E-state index contributed by atoms with van der Waals surface area (Å²) in [7, 11) is 0. The molecule has 1 fully saturated rings. The summed E-state index contributed by atoms with van der Waals surface area (Å²) in [4.78, 5) is 15.9. The largest absolute Gasteiger partial charge is 0.323 e. The minimum Gasteiger partial charge on any atom is -0.323 e. The van der Waals surface area contributed by atoms with Gasteiger partial charge in [-0.1, -0.05) is 0 Å². The lowest BCUT2D eigenvalue weighted by Crippen LogP contribution is -2.29. The Morgan fingerprint density at radius 2 is 2.29 bits per heavy atom. The SMILES string of the molecule is Cc1nc(Br)ccc1NC(=O)CNCC1CC1. The maximum Gasteiger partial charge on any atom is 0.238 e. The van der Waals surface area contributed by atoms with Gasteiger partial charge >= 0.3 is 0 Å². The Morgan fingerprint density at radius 1 is 1.53 bits per heavy atom. The van der Waals surface area contributed by atoms with Crippen molar-refractivity contribution >= 4 is 27.5 Å². The number of halogens is 1. The summed E-state index contributed by atoms with van der Waals surface area (Å²) < 4.78 is 0.778. The Labute approximate surface area is 109 Å². The van der Waals surface area contributed by atoms with Crippen LogP contribution in [0, 0.1) is 12.8 Å².